The van der Waals surface area contributed by atoms with Gasteiger partial charge >= 0.3 is 0 Å². The first-order valence-corrected chi connectivity index (χ1v) is 9.80. The van der Waals surface area contributed by atoms with Crippen LogP contribution < -0.4 is 4.74 Å². The lowest BCUT2D eigenvalue weighted by atomic mass is 9.79. The van der Waals surface area contributed by atoms with E-state index >= 15 is 0 Å². The zero-order chi connectivity index (χ0) is 17.7. The molecule has 0 heterocycles. The van der Waals surface area contributed by atoms with Gasteiger partial charge in [0.15, 0.2) is 0 Å². The van der Waals surface area contributed by atoms with Gasteiger partial charge in [-0.05, 0) is 73.4 Å². The normalized spacial score (nSPS) is 20.6. The predicted octanol–water partition coefficient (Wildman–Crippen LogP) is 6.65. The molecule has 1 nitrogen and oxygen atoms in total. The molecule has 0 N–H and O–H groups in total. The monoisotopic (exact) mass is 336 g/mol. The summed E-state index contributed by atoms with van der Waals surface area (Å²) in [5.74, 6) is 8.83. The van der Waals surface area contributed by atoms with Crippen LogP contribution in [-0.2, 0) is 0 Å². The van der Waals surface area contributed by atoms with Crippen LogP contribution in [-0.4, -0.2) is 7.11 Å². The number of methoxy groups -OCH3 is 1. The van der Waals surface area contributed by atoms with Crippen LogP contribution >= 0.6 is 0 Å². The van der Waals surface area contributed by atoms with Gasteiger partial charge in [0.1, 0.15) is 5.75 Å². The summed E-state index contributed by atoms with van der Waals surface area (Å²) in [6.45, 7) is 2.29. The van der Waals surface area contributed by atoms with Crippen molar-refractivity contribution in [2.24, 2.45) is 11.8 Å². The molecule has 2 rings (SSSR count). The van der Waals surface area contributed by atoms with E-state index in [0.29, 0.717) is 0 Å². The molecule has 1 heteroatoms. The summed E-state index contributed by atoms with van der Waals surface area (Å²) in [4.78, 5) is 0. The van der Waals surface area contributed by atoms with Crippen LogP contribution in [0.25, 0.3) is 6.08 Å². The quantitative estimate of drug-likeness (QED) is 0.400. The van der Waals surface area contributed by atoms with E-state index in [2.05, 4.69) is 24.8 Å². The van der Waals surface area contributed by atoms with Gasteiger partial charge in [-0.15, -0.1) is 0 Å². The smallest absolute Gasteiger partial charge is 0.118 e. The van der Waals surface area contributed by atoms with Gasteiger partial charge in [-0.1, -0.05) is 62.7 Å². The van der Waals surface area contributed by atoms with Crippen molar-refractivity contribution in [3.05, 3.63) is 48.1 Å². The van der Waals surface area contributed by atoms with Crippen LogP contribution in [0.15, 0.2) is 42.5 Å². The third kappa shape index (κ3) is 7.65. The number of hydrogen-bond acceptors (Lipinski definition) is 1. The highest BCUT2D eigenvalue weighted by Gasteiger charge is 2.18. The molecule has 0 aromatic heterocycles. The summed E-state index contributed by atoms with van der Waals surface area (Å²) < 4.78 is 5.15. The molecule has 1 saturated carbocycles. The first-order valence-electron chi connectivity index (χ1n) is 9.80. The SMILES string of the molecule is CCCCC[C@H]1CC[C@H](C=CC#CC=Cc2ccc(OC)cc2)CC1. The standard InChI is InChI=1S/C24H32O/c1-3-4-7-10-21-13-15-22(16-14-21)11-8-5-6-9-12-23-17-19-24(25-2)20-18-23/h8-9,11-12,17-22H,3-4,7,10,13-16H2,1-2H3/t21-,22-. The molecule has 134 valence electrons. The maximum atomic E-state index is 5.15. The zero-order valence-corrected chi connectivity index (χ0v) is 15.8. The van der Waals surface area contributed by atoms with Gasteiger partial charge in [0.25, 0.3) is 0 Å². The van der Waals surface area contributed by atoms with E-state index in [0.717, 1.165) is 23.1 Å². The van der Waals surface area contributed by atoms with E-state index in [1.54, 1.807) is 7.11 Å². The van der Waals surface area contributed by atoms with Crippen molar-refractivity contribution in [3.63, 3.8) is 0 Å². The molecule has 1 aliphatic carbocycles. The second-order valence-electron chi connectivity index (χ2n) is 7.03. The molecule has 0 spiro atoms. The first kappa shape index (κ1) is 19.4. The van der Waals surface area contributed by atoms with E-state index in [1.165, 1.54) is 51.4 Å². The molecule has 25 heavy (non-hydrogen) atoms. The highest BCUT2D eigenvalue weighted by molar-refractivity contribution is 5.54. The summed E-state index contributed by atoms with van der Waals surface area (Å²) in [5, 5.41) is 0. The Hall–Kier alpha value is -1.94. The molecule has 0 atom stereocenters. The average molecular weight is 337 g/mol. The van der Waals surface area contributed by atoms with Crippen molar-refractivity contribution in [1.82, 2.24) is 0 Å². The Balaban J connectivity index is 1.68. The van der Waals surface area contributed by atoms with E-state index < -0.39 is 0 Å². The predicted molar refractivity (Wildman–Crippen MR) is 109 cm³/mol. The Kier molecular flexibility index (Phi) is 8.98. The van der Waals surface area contributed by atoms with Crippen LogP contribution in [0.4, 0.5) is 0 Å². The molecular weight excluding hydrogens is 304 g/mol. The van der Waals surface area contributed by atoms with Crippen LogP contribution in [0.2, 0.25) is 0 Å². The van der Waals surface area contributed by atoms with E-state index in [9.17, 15) is 0 Å². The van der Waals surface area contributed by atoms with Crippen LogP contribution in [0, 0.1) is 23.7 Å². The summed E-state index contributed by atoms with van der Waals surface area (Å²) in [6.07, 6.45) is 19.4. The van der Waals surface area contributed by atoms with Crippen molar-refractivity contribution in [2.45, 2.75) is 58.3 Å². The van der Waals surface area contributed by atoms with E-state index in [-0.39, 0.29) is 0 Å². The highest BCUT2D eigenvalue weighted by atomic mass is 16.5. The molecule has 0 bridgehead atoms. The summed E-state index contributed by atoms with van der Waals surface area (Å²) in [6, 6.07) is 7.99. The summed E-state index contributed by atoms with van der Waals surface area (Å²) >= 11 is 0. The minimum absolute atomic E-state index is 0.738. The fourth-order valence-electron chi connectivity index (χ4n) is 3.49. The molecule has 1 aromatic rings. The van der Waals surface area contributed by atoms with Crippen LogP contribution in [0.1, 0.15) is 63.9 Å². The van der Waals surface area contributed by atoms with E-state index in [4.69, 9.17) is 4.74 Å². The van der Waals surface area contributed by atoms with Gasteiger partial charge in [-0.2, -0.15) is 0 Å². The molecule has 0 saturated heterocycles. The second-order valence-corrected chi connectivity index (χ2v) is 7.03. The number of unbranched alkanes of at least 4 members (excludes halogenated alkanes) is 2. The van der Waals surface area contributed by atoms with E-state index in [1.807, 2.05) is 42.5 Å². The third-order valence-corrected chi connectivity index (χ3v) is 5.12. The van der Waals surface area contributed by atoms with Gasteiger partial charge in [0.05, 0.1) is 7.11 Å². The van der Waals surface area contributed by atoms with Crippen molar-refractivity contribution in [3.8, 4) is 17.6 Å². The van der Waals surface area contributed by atoms with Crippen LogP contribution in [0.3, 0.4) is 0 Å². The summed E-state index contributed by atoms with van der Waals surface area (Å²) in [5.41, 5.74) is 1.14. The van der Waals surface area contributed by atoms with Crippen LogP contribution in [0.5, 0.6) is 5.75 Å². The number of allylic oxidation sites excluding steroid dienone is 3. The fraction of sp³-hybridized carbons (Fsp3) is 0.500. The first-order chi connectivity index (χ1) is 12.3. The van der Waals surface area contributed by atoms with Gasteiger partial charge in [0.2, 0.25) is 0 Å². The molecule has 1 aliphatic rings. The average Bonchev–Trinajstić information content (AvgIpc) is 2.66. The Morgan fingerprint density at radius 1 is 1.00 bits per heavy atom. The Morgan fingerprint density at radius 3 is 2.40 bits per heavy atom. The lowest BCUT2D eigenvalue weighted by Crippen LogP contribution is -2.12. The largest absolute Gasteiger partial charge is 0.497 e. The number of hydrogen-bond donors (Lipinski definition) is 0. The zero-order valence-electron chi connectivity index (χ0n) is 15.8. The topological polar surface area (TPSA) is 9.23 Å². The maximum absolute atomic E-state index is 5.15. The molecule has 0 radical (unpaired) electrons. The van der Waals surface area contributed by atoms with Crippen molar-refractivity contribution in [1.29, 1.82) is 0 Å². The summed E-state index contributed by atoms with van der Waals surface area (Å²) in [7, 11) is 1.68. The number of ether oxygens (including phenoxy) is 1. The Labute approximate surface area is 154 Å². The van der Waals surface area contributed by atoms with Crippen molar-refractivity contribution < 1.29 is 4.74 Å². The molecule has 0 unspecified atom stereocenters. The molecule has 0 amide bonds. The lowest BCUT2D eigenvalue weighted by Gasteiger charge is -2.26. The molecule has 1 fully saturated rings. The van der Waals surface area contributed by atoms with Gasteiger partial charge < -0.3 is 4.74 Å². The fourth-order valence-corrected chi connectivity index (χ4v) is 3.49. The third-order valence-electron chi connectivity index (χ3n) is 5.12. The molecule has 0 aliphatic heterocycles. The number of benzene rings is 1. The van der Waals surface area contributed by atoms with Gasteiger partial charge in [-0.3, -0.25) is 0 Å². The maximum Gasteiger partial charge on any atom is 0.118 e. The number of rotatable bonds is 7. The lowest BCUT2D eigenvalue weighted by molar-refractivity contribution is 0.289. The van der Waals surface area contributed by atoms with Gasteiger partial charge in [0, 0.05) is 0 Å². The van der Waals surface area contributed by atoms with Crippen molar-refractivity contribution >= 4 is 6.08 Å². The Bertz CT molecular complexity index is 589. The minimum Gasteiger partial charge on any atom is -0.497 e. The Morgan fingerprint density at radius 2 is 1.72 bits per heavy atom. The van der Waals surface area contributed by atoms with Gasteiger partial charge in [-0.25, -0.2) is 0 Å². The minimum atomic E-state index is 0.738. The highest BCUT2D eigenvalue weighted by Crippen LogP contribution is 2.32. The van der Waals surface area contributed by atoms with Crippen molar-refractivity contribution in [2.75, 3.05) is 7.11 Å². The molecular formula is C24H32O. The second kappa shape index (κ2) is 11.6. The molecule has 1 aromatic carbocycles.